The molecule has 180 valence electrons. The van der Waals surface area contributed by atoms with Crippen molar-refractivity contribution in [1.29, 1.82) is 0 Å². The summed E-state index contributed by atoms with van der Waals surface area (Å²) in [6, 6.07) is 12.3. The molecular formula is C26H28N6O3. The van der Waals surface area contributed by atoms with Crippen molar-refractivity contribution < 1.29 is 14.6 Å². The minimum absolute atomic E-state index is 0.110. The lowest BCUT2D eigenvalue weighted by Gasteiger charge is -2.13. The van der Waals surface area contributed by atoms with Crippen LogP contribution in [-0.4, -0.2) is 50.4 Å². The first-order valence-electron chi connectivity index (χ1n) is 11.3. The Balaban J connectivity index is 1.45. The first-order chi connectivity index (χ1) is 16.8. The number of aliphatic carboxylic acids is 1. The van der Waals surface area contributed by atoms with Gasteiger partial charge in [0, 0.05) is 24.2 Å². The number of hydrogen-bond donors (Lipinski definition) is 1. The van der Waals surface area contributed by atoms with Gasteiger partial charge in [-0.1, -0.05) is 24.8 Å². The average molecular weight is 473 g/mol. The topological polar surface area (TPSA) is 115 Å². The number of carboxylic acid groups (broad SMARTS) is 1. The fourth-order valence-electron chi connectivity index (χ4n) is 4.15. The van der Waals surface area contributed by atoms with E-state index in [1.165, 1.54) is 11.0 Å². The number of allylic oxidation sites excluding steroid dienone is 1. The predicted molar refractivity (Wildman–Crippen MR) is 134 cm³/mol. The number of hydrogen-bond acceptors (Lipinski definition) is 7. The molecule has 1 aromatic heterocycles. The van der Waals surface area contributed by atoms with Gasteiger partial charge in [0.2, 0.25) is 11.7 Å². The van der Waals surface area contributed by atoms with E-state index >= 15 is 0 Å². The normalized spacial score (nSPS) is 17.5. The standard InChI is InChI=1S/C26H28N6O3/c1-15-9-20(25-29-31-32(5)30-25)10-16(2)24(15)19-8-6-7-18(11-19)14-35-23(27-4)13-28-17(3)21-12-22(21)26(33)34/h6-11,13,21-22H,3,12,14H2,1-2,4-5H3,(H,33,34)/b27-23+,28-13-/t21-,22+/m1/s1. The second-order valence-electron chi connectivity index (χ2n) is 8.67. The number of aryl methyl sites for hydroxylation is 3. The van der Waals surface area contributed by atoms with E-state index in [-0.39, 0.29) is 11.8 Å². The third kappa shape index (κ3) is 5.51. The largest absolute Gasteiger partial charge is 0.481 e. The molecule has 1 N–H and O–H groups in total. The number of benzene rings is 2. The van der Waals surface area contributed by atoms with E-state index in [1.807, 2.05) is 12.1 Å². The second kappa shape index (κ2) is 10.0. The van der Waals surface area contributed by atoms with Gasteiger partial charge in [-0.3, -0.25) is 14.8 Å². The fraction of sp³-hybridized carbons (Fsp3) is 0.308. The highest BCUT2D eigenvalue weighted by molar-refractivity contribution is 6.26. The predicted octanol–water partition coefficient (Wildman–Crippen LogP) is 4.01. The van der Waals surface area contributed by atoms with Gasteiger partial charge in [-0.15, -0.1) is 10.2 Å². The molecule has 0 saturated heterocycles. The maximum Gasteiger partial charge on any atom is 0.307 e. The highest BCUT2D eigenvalue weighted by Gasteiger charge is 2.45. The summed E-state index contributed by atoms with van der Waals surface area (Å²) in [5.41, 5.74) is 6.93. The zero-order valence-corrected chi connectivity index (χ0v) is 20.3. The van der Waals surface area contributed by atoms with E-state index in [2.05, 4.69) is 70.1 Å². The van der Waals surface area contributed by atoms with Crippen LogP contribution < -0.4 is 0 Å². The molecule has 1 heterocycles. The van der Waals surface area contributed by atoms with E-state index in [9.17, 15) is 4.79 Å². The molecule has 4 rings (SSSR count). The van der Waals surface area contributed by atoms with Crippen LogP contribution in [0.4, 0.5) is 0 Å². The summed E-state index contributed by atoms with van der Waals surface area (Å²) in [5, 5.41) is 21.4. The highest BCUT2D eigenvalue weighted by Crippen LogP contribution is 2.44. The summed E-state index contributed by atoms with van der Waals surface area (Å²) in [5.74, 6) is -0.345. The Hall–Kier alpha value is -4.14. The molecule has 2 aromatic carbocycles. The maximum absolute atomic E-state index is 11.0. The number of carboxylic acids is 1. The van der Waals surface area contributed by atoms with Crippen LogP contribution >= 0.6 is 0 Å². The molecule has 0 radical (unpaired) electrons. The Morgan fingerprint density at radius 3 is 2.57 bits per heavy atom. The molecule has 2 atom stereocenters. The minimum Gasteiger partial charge on any atom is -0.481 e. The Morgan fingerprint density at radius 2 is 1.97 bits per heavy atom. The molecule has 0 amide bonds. The van der Waals surface area contributed by atoms with Gasteiger partial charge in [-0.25, -0.2) is 0 Å². The fourth-order valence-corrected chi connectivity index (χ4v) is 4.15. The number of aromatic nitrogens is 4. The van der Waals surface area contributed by atoms with Gasteiger partial charge in [0.25, 0.3) is 0 Å². The van der Waals surface area contributed by atoms with Crippen LogP contribution in [0.15, 0.2) is 58.7 Å². The molecule has 0 spiro atoms. The molecule has 1 fully saturated rings. The monoisotopic (exact) mass is 472 g/mol. The summed E-state index contributed by atoms with van der Waals surface area (Å²) in [6.07, 6.45) is 2.07. The van der Waals surface area contributed by atoms with Crippen molar-refractivity contribution in [2.45, 2.75) is 26.9 Å². The first-order valence-corrected chi connectivity index (χ1v) is 11.3. The van der Waals surface area contributed by atoms with Crippen LogP contribution in [0.25, 0.3) is 22.5 Å². The van der Waals surface area contributed by atoms with Crippen molar-refractivity contribution in [2.24, 2.45) is 28.9 Å². The zero-order chi connectivity index (χ0) is 25.1. The Bertz CT molecular complexity index is 1320. The summed E-state index contributed by atoms with van der Waals surface area (Å²) in [6.45, 7) is 8.35. The quantitative estimate of drug-likeness (QED) is 0.391. The number of rotatable bonds is 8. The van der Waals surface area contributed by atoms with E-state index < -0.39 is 5.97 Å². The first kappa shape index (κ1) is 24.0. The smallest absolute Gasteiger partial charge is 0.307 e. The lowest BCUT2D eigenvalue weighted by atomic mass is 9.92. The molecule has 1 aliphatic rings. The number of carbonyl (C=O) groups is 1. The molecule has 3 aromatic rings. The second-order valence-corrected chi connectivity index (χ2v) is 8.67. The molecule has 9 nitrogen and oxygen atoms in total. The third-order valence-corrected chi connectivity index (χ3v) is 6.00. The van der Waals surface area contributed by atoms with Gasteiger partial charge >= 0.3 is 5.97 Å². The summed E-state index contributed by atoms with van der Waals surface area (Å²) < 4.78 is 5.85. The van der Waals surface area contributed by atoms with Crippen molar-refractivity contribution in [1.82, 2.24) is 20.2 Å². The van der Waals surface area contributed by atoms with Gasteiger partial charge in [0.15, 0.2) is 0 Å². The molecule has 1 aliphatic carbocycles. The summed E-state index contributed by atoms with van der Waals surface area (Å²) in [7, 11) is 3.37. The molecule has 0 unspecified atom stereocenters. The molecule has 9 heteroatoms. The van der Waals surface area contributed by atoms with E-state index in [4.69, 9.17) is 9.84 Å². The molecule has 0 aliphatic heterocycles. The zero-order valence-electron chi connectivity index (χ0n) is 20.3. The van der Waals surface area contributed by atoms with E-state index in [0.717, 1.165) is 33.4 Å². The van der Waals surface area contributed by atoms with Crippen molar-refractivity contribution in [2.75, 3.05) is 7.05 Å². The summed E-state index contributed by atoms with van der Waals surface area (Å²) in [4.78, 5) is 20.9. The van der Waals surface area contributed by atoms with Crippen LogP contribution in [0, 0.1) is 25.7 Å². The molecule has 35 heavy (non-hydrogen) atoms. The van der Waals surface area contributed by atoms with Crippen LogP contribution in [0.1, 0.15) is 23.1 Å². The lowest BCUT2D eigenvalue weighted by molar-refractivity contribution is -0.138. The van der Waals surface area contributed by atoms with Gasteiger partial charge in [0.05, 0.1) is 19.2 Å². The number of aliphatic imine (C=N–C) groups is 2. The molecule has 0 bridgehead atoms. The van der Waals surface area contributed by atoms with Crippen LogP contribution in [-0.2, 0) is 23.2 Å². The van der Waals surface area contributed by atoms with Gasteiger partial charge in [0.1, 0.15) is 6.61 Å². The van der Waals surface area contributed by atoms with Crippen LogP contribution in [0.5, 0.6) is 0 Å². The van der Waals surface area contributed by atoms with Gasteiger partial charge < -0.3 is 9.84 Å². The minimum atomic E-state index is -0.808. The van der Waals surface area contributed by atoms with Gasteiger partial charge in [-0.05, 0) is 71.5 Å². The lowest BCUT2D eigenvalue weighted by Crippen LogP contribution is -2.07. The summed E-state index contributed by atoms with van der Waals surface area (Å²) >= 11 is 0. The number of nitrogens with zero attached hydrogens (tertiary/aromatic N) is 6. The molecule has 1 saturated carbocycles. The SMILES string of the molecule is C=C(/N=C\C(=N/C)OCc1cccc(-c2c(C)cc(-c3nnn(C)n3)cc2C)c1)[C@H]1C[C@@H]1C(=O)O. The maximum atomic E-state index is 11.0. The Kier molecular flexibility index (Phi) is 6.86. The number of tetrazole rings is 1. The highest BCUT2D eigenvalue weighted by atomic mass is 16.5. The van der Waals surface area contributed by atoms with Crippen molar-refractivity contribution >= 4 is 18.1 Å². The van der Waals surface area contributed by atoms with Crippen molar-refractivity contribution in [3.05, 3.63) is 65.4 Å². The van der Waals surface area contributed by atoms with Gasteiger partial charge in [-0.2, -0.15) is 4.80 Å². The van der Waals surface area contributed by atoms with Crippen LogP contribution in [0.3, 0.4) is 0 Å². The Morgan fingerprint density at radius 1 is 1.23 bits per heavy atom. The third-order valence-electron chi connectivity index (χ3n) is 6.00. The van der Waals surface area contributed by atoms with Crippen molar-refractivity contribution in [3.8, 4) is 22.5 Å². The average Bonchev–Trinajstić information content (AvgIpc) is 3.53. The number of ether oxygens (including phenoxy) is 1. The van der Waals surface area contributed by atoms with Crippen LogP contribution in [0.2, 0.25) is 0 Å². The van der Waals surface area contributed by atoms with E-state index in [1.54, 1.807) is 14.1 Å². The Labute approximate surface area is 203 Å². The molecular weight excluding hydrogens is 444 g/mol. The van der Waals surface area contributed by atoms with E-state index in [0.29, 0.717) is 30.4 Å². The van der Waals surface area contributed by atoms with Crippen molar-refractivity contribution in [3.63, 3.8) is 0 Å².